The Morgan fingerprint density at radius 3 is 1.35 bits per heavy atom. The average Bonchev–Trinajstić information content (AvgIpc) is 3.00. The van der Waals surface area contributed by atoms with Crippen LogP contribution in [0.1, 0.15) is 39.5 Å². The van der Waals surface area contributed by atoms with Gasteiger partial charge in [-0.25, -0.2) is 4.79 Å². The van der Waals surface area contributed by atoms with Crippen LogP contribution in [0.2, 0.25) is 0 Å². The SMILES string of the molecule is C=C(O)C(CSC)NC(C)=O.CSCC(NC(=O)CCC(N)C(=O)O)C(=O)NCC(C)=O.CSCC(NC(=O)CCC(N)C(=O)O)C(=O)O. The van der Waals surface area contributed by atoms with Gasteiger partial charge in [-0.15, -0.1) is 0 Å². The average molecular weight is 759 g/mol. The summed E-state index contributed by atoms with van der Waals surface area (Å²) in [4.78, 5) is 87.8. The third kappa shape index (κ3) is 29.1. The largest absolute Gasteiger partial charge is 0.511 e. The summed E-state index contributed by atoms with van der Waals surface area (Å²) in [5.74, 6) is -3.97. The van der Waals surface area contributed by atoms with E-state index in [1.165, 1.54) is 37.4 Å². The fourth-order valence-electron chi connectivity index (χ4n) is 3.01. The Bertz CT molecular complexity index is 1120. The molecule has 0 heterocycles. The summed E-state index contributed by atoms with van der Waals surface area (Å²) in [7, 11) is 0. The lowest BCUT2D eigenvalue weighted by atomic mass is 10.1. The number of aliphatic carboxylic acids is 3. The molecule has 0 saturated carbocycles. The number of nitrogens with one attached hydrogen (secondary N) is 4. The van der Waals surface area contributed by atoms with Gasteiger partial charge in [-0.2, -0.15) is 35.3 Å². The van der Waals surface area contributed by atoms with Gasteiger partial charge in [0, 0.05) is 37.0 Å². The summed E-state index contributed by atoms with van der Waals surface area (Å²) in [6.45, 7) is 6.02. The molecule has 49 heavy (non-hydrogen) atoms. The number of carbonyl (C=O) groups is 8. The van der Waals surface area contributed by atoms with Crippen LogP contribution in [0.4, 0.5) is 0 Å². The van der Waals surface area contributed by atoms with E-state index in [1.54, 1.807) is 24.3 Å². The first kappa shape index (κ1) is 49.9. The van der Waals surface area contributed by atoms with Gasteiger partial charge in [0.25, 0.3) is 0 Å². The molecule has 0 aliphatic carbocycles. The van der Waals surface area contributed by atoms with Crippen molar-refractivity contribution < 1.29 is 58.8 Å². The van der Waals surface area contributed by atoms with Crippen LogP contribution in [0.5, 0.6) is 0 Å². The van der Waals surface area contributed by atoms with Gasteiger partial charge < -0.3 is 53.2 Å². The third-order valence-corrected chi connectivity index (χ3v) is 7.58. The van der Waals surface area contributed by atoms with Gasteiger partial charge in [0.05, 0.1) is 12.6 Å². The maximum absolute atomic E-state index is 11.8. The Kier molecular flexibility index (Phi) is 29.9. The molecule has 0 aromatic carbocycles. The van der Waals surface area contributed by atoms with E-state index >= 15 is 0 Å². The molecule has 5 atom stereocenters. The summed E-state index contributed by atoms with van der Waals surface area (Å²) in [5.41, 5.74) is 10.5. The highest BCUT2D eigenvalue weighted by Gasteiger charge is 2.22. The van der Waals surface area contributed by atoms with Crippen molar-refractivity contribution in [3.8, 4) is 0 Å². The van der Waals surface area contributed by atoms with Crippen molar-refractivity contribution in [3.63, 3.8) is 0 Å². The summed E-state index contributed by atoms with van der Waals surface area (Å²) >= 11 is 4.20. The Hall–Kier alpha value is -3.53. The molecule has 0 aromatic rings. The second-order valence-electron chi connectivity index (χ2n) is 10.1. The van der Waals surface area contributed by atoms with E-state index in [0.29, 0.717) is 11.5 Å². The third-order valence-electron chi connectivity index (χ3n) is 5.58. The van der Waals surface area contributed by atoms with Gasteiger partial charge >= 0.3 is 17.9 Å². The molecule has 0 saturated heterocycles. The molecule has 282 valence electrons. The maximum Gasteiger partial charge on any atom is 0.327 e. The summed E-state index contributed by atoms with van der Waals surface area (Å²) in [6, 6.07) is -4.26. The van der Waals surface area contributed by atoms with Gasteiger partial charge in [-0.1, -0.05) is 6.58 Å². The zero-order valence-corrected chi connectivity index (χ0v) is 30.6. The number of ketones is 1. The number of hydrogen-bond acceptors (Lipinski definition) is 14. The Morgan fingerprint density at radius 1 is 0.633 bits per heavy atom. The van der Waals surface area contributed by atoms with E-state index in [0.717, 1.165) is 0 Å². The normalized spacial score (nSPS) is 13.1. The highest BCUT2D eigenvalue weighted by molar-refractivity contribution is 7.99. The molecule has 5 unspecified atom stereocenters. The fraction of sp³-hybridized carbons (Fsp3) is 0.643. The van der Waals surface area contributed by atoms with Crippen LogP contribution in [-0.4, -0.2) is 141 Å². The molecule has 0 aromatic heterocycles. The molecule has 4 amide bonds. The van der Waals surface area contributed by atoms with Crippen LogP contribution in [0.25, 0.3) is 0 Å². The van der Waals surface area contributed by atoms with Crippen LogP contribution in [0.15, 0.2) is 12.3 Å². The van der Waals surface area contributed by atoms with Crippen molar-refractivity contribution in [1.82, 2.24) is 21.3 Å². The van der Waals surface area contributed by atoms with Crippen molar-refractivity contribution >= 4 is 82.6 Å². The van der Waals surface area contributed by atoms with Gasteiger partial charge in [0.2, 0.25) is 23.6 Å². The van der Waals surface area contributed by atoms with E-state index < -0.39 is 59.8 Å². The summed E-state index contributed by atoms with van der Waals surface area (Å²) in [5, 5.41) is 44.7. The second kappa shape index (κ2) is 29.4. The quantitative estimate of drug-likeness (QED) is 0.0578. The van der Waals surface area contributed by atoms with Gasteiger partial charge in [-0.05, 0) is 38.5 Å². The number of carboxylic acid groups (broad SMARTS) is 3. The molecule has 0 bridgehead atoms. The van der Waals surface area contributed by atoms with E-state index in [2.05, 4.69) is 27.8 Å². The Balaban J connectivity index is -0.000000680. The van der Waals surface area contributed by atoms with E-state index in [4.69, 9.17) is 31.9 Å². The molecular weight excluding hydrogens is 709 g/mol. The molecular formula is C28H50N6O12S3. The topological polar surface area (TPSA) is 318 Å². The van der Waals surface area contributed by atoms with Crippen molar-refractivity contribution in [2.45, 2.75) is 69.7 Å². The molecule has 0 fully saturated rings. The minimum absolute atomic E-state index is 0.00884. The molecule has 0 radical (unpaired) electrons. The summed E-state index contributed by atoms with van der Waals surface area (Å²) < 4.78 is 0. The van der Waals surface area contributed by atoms with E-state index in [9.17, 15) is 38.4 Å². The fourth-order valence-corrected chi connectivity index (χ4v) is 4.75. The number of carboxylic acids is 3. The Morgan fingerprint density at radius 2 is 1.02 bits per heavy atom. The highest BCUT2D eigenvalue weighted by atomic mass is 32.2. The predicted octanol–water partition coefficient (Wildman–Crippen LogP) is -1.23. The van der Waals surface area contributed by atoms with E-state index in [1.807, 2.05) is 6.26 Å². The molecule has 12 N–H and O–H groups in total. The van der Waals surface area contributed by atoms with Crippen LogP contribution >= 0.6 is 35.3 Å². The summed E-state index contributed by atoms with van der Waals surface area (Å²) in [6.07, 6.45) is 5.18. The number of hydrogen-bond donors (Lipinski definition) is 10. The van der Waals surface area contributed by atoms with Crippen molar-refractivity contribution in [3.05, 3.63) is 12.3 Å². The van der Waals surface area contributed by atoms with Gasteiger partial charge in [0.1, 0.15) is 35.7 Å². The molecule has 0 aliphatic heterocycles. The number of amides is 4. The highest BCUT2D eigenvalue weighted by Crippen LogP contribution is 2.04. The Labute approximate surface area is 298 Å². The number of nitrogens with two attached hydrogens (primary N) is 2. The first-order valence-corrected chi connectivity index (χ1v) is 18.6. The van der Waals surface area contributed by atoms with Crippen LogP contribution in [-0.2, 0) is 38.4 Å². The number of rotatable bonds is 22. The molecule has 18 nitrogen and oxygen atoms in total. The minimum atomic E-state index is -1.18. The first-order valence-electron chi connectivity index (χ1n) is 14.4. The van der Waals surface area contributed by atoms with Gasteiger partial charge in [0.15, 0.2) is 0 Å². The standard InChI is InChI=1S/C12H21N3O5S.C9H16N2O5S.C7H13NO2S/c1-7(16)5-14-11(18)9(6-21-2)15-10(17)4-3-8(13)12(19)20;1-17-4-6(9(15)16)11-7(12)3-2-5(10)8(13)14;1-5(9)7(4-11-3)8-6(2)10/h8-9H,3-6,13H2,1-2H3,(H,14,18)(H,15,17)(H,19,20);5-6H,2-4,10H2,1H3,(H,11,12)(H,13,14)(H,15,16);7,9H,1,4H2,2-3H3,(H,8,10). The number of aliphatic hydroxyl groups excluding tert-OH is 1. The minimum Gasteiger partial charge on any atom is -0.511 e. The number of thioether (sulfide) groups is 3. The monoisotopic (exact) mass is 758 g/mol. The van der Waals surface area contributed by atoms with Crippen LogP contribution in [0.3, 0.4) is 0 Å². The lowest BCUT2D eigenvalue weighted by Gasteiger charge is -2.17. The second-order valence-corrected chi connectivity index (χ2v) is 12.8. The lowest BCUT2D eigenvalue weighted by Crippen LogP contribution is -2.49. The number of carbonyl (C=O) groups excluding carboxylic acids is 5. The molecule has 21 heteroatoms. The van der Waals surface area contributed by atoms with Gasteiger partial charge in [-0.3, -0.25) is 33.6 Å². The maximum atomic E-state index is 11.8. The lowest BCUT2D eigenvalue weighted by molar-refractivity contribution is -0.141. The zero-order valence-electron chi connectivity index (χ0n) is 28.2. The number of aliphatic hydroxyl groups is 1. The smallest absolute Gasteiger partial charge is 0.327 e. The zero-order chi connectivity index (χ0) is 38.7. The van der Waals surface area contributed by atoms with Crippen molar-refractivity contribution in [2.24, 2.45) is 11.5 Å². The van der Waals surface area contributed by atoms with Crippen LogP contribution < -0.4 is 32.7 Å². The van der Waals surface area contributed by atoms with Crippen molar-refractivity contribution in [2.75, 3.05) is 42.6 Å². The first-order chi connectivity index (χ1) is 22.7. The number of Topliss-reactive ketones (excluding diaryl/α,β-unsaturated/α-hetero) is 1. The van der Waals surface area contributed by atoms with Crippen LogP contribution in [0, 0.1) is 0 Å². The molecule has 0 spiro atoms. The predicted molar refractivity (Wildman–Crippen MR) is 189 cm³/mol. The van der Waals surface area contributed by atoms with E-state index in [-0.39, 0.29) is 61.5 Å². The molecule has 0 rings (SSSR count). The van der Waals surface area contributed by atoms with Crippen molar-refractivity contribution in [1.29, 1.82) is 0 Å². The molecule has 0 aliphatic rings.